The van der Waals surface area contributed by atoms with Crippen LogP contribution in [0.4, 0.5) is 10.5 Å². The molecule has 140 valence electrons. The normalized spacial score (nSPS) is 23.4. The summed E-state index contributed by atoms with van der Waals surface area (Å²) in [6.45, 7) is 5.25. The van der Waals surface area contributed by atoms with Crippen molar-refractivity contribution in [1.82, 2.24) is 10.2 Å². The third-order valence-corrected chi connectivity index (χ3v) is 6.11. The van der Waals surface area contributed by atoms with Crippen LogP contribution < -0.4 is 10.2 Å². The molecule has 5 nitrogen and oxygen atoms in total. The molecule has 0 saturated carbocycles. The number of hydrogen-bond acceptors (Lipinski definition) is 4. The molecule has 0 bridgehead atoms. The smallest absolute Gasteiger partial charge is 0.410 e. The summed E-state index contributed by atoms with van der Waals surface area (Å²) in [6, 6.07) is 16.9. The summed E-state index contributed by atoms with van der Waals surface area (Å²) in [5.41, 5.74) is 5.03. The van der Waals surface area contributed by atoms with Gasteiger partial charge in [0.25, 0.3) is 0 Å². The van der Waals surface area contributed by atoms with Crippen molar-refractivity contribution < 1.29 is 9.53 Å². The first-order chi connectivity index (χ1) is 13.3. The predicted octanol–water partition coefficient (Wildman–Crippen LogP) is 3.28. The van der Waals surface area contributed by atoms with Gasteiger partial charge in [-0.05, 0) is 35.2 Å². The van der Waals surface area contributed by atoms with Gasteiger partial charge in [-0.3, -0.25) is 0 Å². The molecule has 2 saturated heterocycles. The number of hydrogen-bond donors (Lipinski definition) is 1. The number of carbonyl (C=O) groups excluding carboxylic acids is 1. The van der Waals surface area contributed by atoms with Crippen LogP contribution in [0.25, 0.3) is 0 Å². The number of piperazine rings is 1. The highest BCUT2D eigenvalue weighted by atomic mass is 16.6. The number of anilines is 1. The van der Waals surface area contributed by atoms with Crippen LogP contribution in [-0.2, 0) is 11.3 Å². The van der Waals surface area contributed by atoms with Crippen molar-refractivity contribution in [3.63, 3.8) is 0 Å². The third-order valence-electron chi connectivity index (χ3n) is 6.11. The van der Waals surface area contributed by atoms with E-state index in [2.05, 4.69) is 28.4 Å². The highest BCUT2D eigenvalue weighted by Gasteiger charge is 2.48. The molecule has 1 N–H and O–H groups in total. The first-order valence-electron chi connectivity index (χ1n) is 9.88. The second-order valence-electron chi connectivity index (χ2n) is 7.62. The topological polar surface area (TPSA) is 44.8 Å². The van der Waals surface area contributed by atoms with Gasteiger partial charge in [-0.1, -0.05) is 36.4 Å². The van der Waals surface area contributed by atoms with Gasteiger partial charge in [0.15, 0.2) is 0 Å². The minimum atomic E-state index is -0.190. The average molecular weight is 363 g/mol. The highest BCUT2D eigenvalue weighted by Crippen LogP contribution is 2.55. The number of nitrogens with zero attached hydrogens (tertiary/aromatic N) is 2. The summed E-state index contributed by atoms with van der Waals surface area (Å²) in [5, 5.41) is 3.40. The van der Waals surface area contributed by atoms with Crippen molar-refractivity contribution in [3.05, 3.63) is 65.2 Å². The minimum absolute atomic E-state index is 0.186. The third kappa shape index (κ3) is 2.96. The predicted molar refractivity (Wildman–Crippen MR) is 105 cm³/mol. The Morgan fingerprint density at radius 3 is 2.67 bits per heavy atom. The van der Waals surface area contributed by atoms with Crippen molar-refractivity contribution in [2.24, 2.45) is 0 Å². The van der Waals surface area contributed by atoms with Gasteiger partial charge in [0, 0.05) is 44.3 Å². The second-order valence-corrected chi connectivity index (χ2v) is 7.62. The number of benzene rings is 2. The number of rotatable bonds is 3. The van der Waals surface area contributed by atoms with Gasteiger partial charge in [0.1, 0.15) is 6.61 Å². The lowest BCUT2D eigenvalue weighted by Gasteiger charge is -2.40. The molecule has 5 rings (SSSR count). The molecule has 1 amide bonds. The maximum Gasteiger partial charge on any atom is 0.410 e. The van der Waals surface area contributed by atoms with Gasteiger partial charge in [-0.2, -0.15) is 0 Å². The van der Waals surface area contributed by atoms with Crippen LogP contribution in [0.1, 0.15) is 35.1 Å². The minimum Gasteiger partial charge on any atom is -0.445 e. The highest BCUT2D eigenvalue weighted by molar-refractivity contribution is 5.71. The molecule has 3 aliphatic rings. The summed E-state index contributed by atoms with van der Waals surface area (Å²) < 4.78 is 5.59. The van der Waals surface area contributed by atoms with Crippen LogP contribution in [0.2, 0.25) is 0 Å². The number of fused-ring (bicyclic) bond motifs is 4. The first-order valence-corrected chi connectivity index (χ1v) is 9.88. The Labute approximate surface area is 159 Å². The Bertz CT molecular complexity index is 833. The molecule has 0 radical (unpaired) electrons. The van der Waals surface area contributed by atoms with Gasteiger partial charge in [-0.15, -0.1) is 0 Å². The Morgan fingerprint density at radius 1 is 1.04 bits per heavy atom. The SMILES string of the molecule is O=C(OCc1ccccc1)N1CCC2c3ccc(N4CCNCC4)cc3C21. The van der Waals surface area contributed by atoms with Gasteiger partial charge in [0.05, 0.1) is 6.04 Å². The fraction of sp³-hybridized carbons (Fsp3) is 0.409. The van der Waals surface area contributed by atoms with Crippen molar-refractivity contribution in [2.75, 3.05) is 37.6 Å². The Morgan fingerprint density at radius 2 is 1.85 bits per heavy atom. The maximum atomic E-state index is 12.7. The number of carbonyl (C=O) groups is 1. The number of ether oxygens (including phenoxy) is 1. The molecule has 27 heavy (non-hydrogen) atoms. The van der Waals surface area contributed by atoms with Crippen LogP contribution >= 0.6 is 0 Å². The zero-order chi connectivity index (χ0) is 18.2. The summed E-state index contributed by atoms with van der Waals surface area (Å²) in [4.78, 5) is 17.0. The quantitative estimate of drug-likeness (QED) is 0.909. The summed E-state index contributed by atoms with van der Waals surface area (Å²) >= 11 is 0. The van der Waals surface area contributed by atoms with Gasteiger partial charge in [0.2, 0.25) is 0 Å². The molecular weight excluding hydrogens is 338 g/mol. The maximum absolute atomic E-state index is 12.7. The number of amides is 1. The van der Waals surface area contributed by atoms with Crippen LogP contribution in [-0.4, -0.2) is 43.7 Å². The van der Waals surface area contributed by atoms with E-state index in [0.717, 1.165) is 44.7 Å². The summed E-state index contributed by atoms with van der Waals surface area (Å²) in [7, 11) is 0. The summed E-state index contributed by atoms with van der Waals surface area (Å²) in [6.07, 6.45) is 0.843. The standard InChI is InChI=1S/C22H25N3O2/c26-22(27-15-16-4-2-1-3-5-16)25-11-8-19-18-7-6-17(14-20(18)21(19)25)24-12-9-23-10-13-24/h1-7,14,19,21,23H,8-13,15H2. The van der Waals surface area contributed by atoms with Crippen LogP contribution in [0, 0.1) is 0 Å². The van der Waals surface area contributed by atoms with Gasteiger partial charge < -0.3 is 19.9 Å². The van der Waals surface area contributed by atoms with Crippen LogP contribution in [0.15, 0.2) is 48.5 Å². The zero-order valence-corrected chi connectivity index (χ0v) is 15.4. The molecule has 0 aromatic heterocycles. The molecule has 2 heterocycles. The van der Waals surface area contributed by atoms with E-state index in [1.54, 1.807) is 0 Å². The molecule has 2 aliphatic heterocycles. The van der Waals surface area contributed by atoms with Crippen molar-refractivity contribution in [1.29, 1.82) is 0 Å². The molecule has 0 spiro atoms. The average Bonchev–Trinajstić information content (AvgIpc) is 3.11. The molecular formula is C22H25N3O2. The Kier molecular flexibility index (Phi) is 4.24. The monoisotopic (exact) mass is 363 g/mol. The molecule has 2 fully saturated rings. The summed E-state index contributed by atoms with van der Waals surface area (Å²) in [5.74, 6) is 0.473. The van der Waals surface area contributed by atoms with E-state index in [4.69, 9.17) is 4.74 Å². The number of nitrogens with one attached hydrogen (secondary N) is 1. The number of likely N-dealkylation sites (tertiary alicyclic amines) is 1. The van der Waals surface area contributed by atoms with Gasteiger partial charge in [-0.25, -0.2) is 4.79 Å². The van der Waals surface area contributed by atoms with E-state index in [-0.39, 0.29) is 12.1 Å². The van der Waals surface area contributed by atoms with Crippen molar-refractivity contribution in [3.8, 4) is 0 Å². The molecule has 2 aromatic carbocycles. The zero-order valence-electron chi connectivity index (χ0n) is 15.4. The first kappa shape index (κ1) is 16.6. The largest absolute Gasteiger partial charge is 0.445 e. The van der Waals surface area contributed by atoms with E-state index in [1.807, 2.05) is 35.2 Å². The molecule has 2 aromatic rings. The van der Waals surface area contributed by atoms with Crippen molar-refractivity contribution in [2.45, 2.75) is 25.0 Å². The Hall–Kier alpha value is -2.53. The molecule has 2 atom stereocenters. The van der Waals surface area contributed by atoms with E-state index >= 15 is 0 Å². The van der Waals surface area contributed by atoms with E-state index in [9.17, 15) is 4.79 Å². The van der Waals surface area contributed by atoms with E-state index in [1.165, 1.54) is 16.8 Å². The van der Waals surface area contributed by atoms with Crippen LogP contribution in [0.3, 0.4) is 0 Å². The van der Waals surface area contributed by atoms with E-state index < -0.39 is 0 Å². The fourth-order valence-corrected chi connectivity index (χ4v) is 4.69. The van der Waals surface area contributed by atoms with E-state index in [0.29, 0.717) is 12.5 Å². The van der Waals surface area contributed by atoms with Gasteiger partial charge >= 0.3 is 6.09 Å². The Balaban J connectivity index is 1.30. The fourth-order valence-electron chi connectivity index (χ4n) is 4.69. The second kappa shape index (κ2) is 6.89. The van der Waals surface area contributed by atoms with Crippen LogP contribution in [0.5, 0.6) is 0 Å². The van der Waals surface area contributed by atoms with Crippen molar-refractivity contribution >= 4 is 11.8 Å². The lowest BCUT2D eigenvalue weighted by molar-refractivity contribution is 0.0877. The molecule has 1 aliphatic carbocycles. The lowest BCUT2D eigenvalue weighted by Crippen LogP contribution is -2.44. The molecule has 2 unspecified atom stereocenters. The molecule has 5 heteroatoms. The lowest BCUT2D eigenvalue weighted by atomic mass is 9.73.